The zero-order chi connectivity index (χ0) is 45.7. The van der Waals surface area contributed by atoms with Gasteiger partial charge in [-0.15, -0.1) is 0 Å². The number of hydrogen-bond donors (Lipinski definition) is 4. The van der Waals surface area contributed by atoms with Crippen LogP contribution in [-0.2, 0) is 28.7 Å². The Morgan fingerprint density at radius 3 is 1.44 bits per heavy atom. The number of anilines is 2. The number of benzene rings is 3. The molecule has 1 unspecified atom stereocenters. The molecule has 7 rings (SSSR count). The van der Waals surface area contributed by atoms with Crippen LogP contribution in [0, 0.1) is 11.8 Å². The van der Waals surface area contributed by atoms with Crippen molar-refractivity contribution in [3.05, 3.63) is 95.1 Å². The molecule has 6 amide bonds. The number of rotatable bonds is 14. The first kappa shape index (κ1) is 45.8. The molecule has 14 heteroatoms. The van der Waals surface area contributed by atoms with Crippen molar-refractivity contribution in [1.29, 1.82) is 0 Å². The zero-order valence-electron chi connectivity index (χ0n) is 37.8. The summed E-state index contributed by atoms with van der Waals surface area (Å²) in [4.78, 5) is 81.6. The smallest absolute Gasteiger partial charge is 0.407 e. The highest BCUT2D eigenvalue weighted by atomic mass is 16.5. The van der Waals surface area contributed by atoms with Crippen molar-refractivity contribution in [1.82, 2.24) is 20.4 Å². The Morgan fingerprint density at radius 1 is 0.562 bits per heavy atom. The number of methoxy groups -OCH3 is 2. The van der Waals surface area contributed by atoms with Crippen molar-refractivity contribution < 1.29 is 38.2 Å². The van der Waals surface area contributed by atoms with Gasteiger partial charge in [0.1, 0.15) is 24.2 Å². The van der Waals surface area contributed by atoms with Crippen LogP contribution in [0.1, 0.15) is 113 Å². The predicted molar refractivity (Wildman–Crippen MR) is 245 cm³/mol. The Labute approximate surface area is 375 Å². The highest BCUT2D eigenvalue weighted by Gasteiger charge is 2.40. The third-order valence-corrected chi connectivity index (χ3v) is 13.2. The molecule has 0 bridgehead atoms. The maximum absolute atomic E-state index is 13.7. The predicted octanol–water partition coefficient (Wildman–Crippen LogP) is 7.67. The summed E-state index contributed by atoms with van der Waals surface area (Å²) in [5, 5.41) is 11.3. The Hall–Kier alpha value is -6.18. The summed E-state index contributed by atoms with van der Waals surface area (Å²) in [5.74, 6) is -0.792. The molecule has 3 fully saturated rings. The standard InChI is InChI=1S/C50H62N6O8/c1-29(2)43(53-49(61)63-5)47(59)55-27-7-9-40(55)45(57)51-36-21-17-33(18-22-36)38-25-26-39(42(38)35-15-13-32(14-16-35)31-11-12-31)34-19-23-37(24-20-34)52-46(58)41-10-8-28-56(41)48(60)44(30(3)4)54-50(62)64-6/h13-24,29-31,38,40-41,43-44H,7-12,25-28H2,1-6H3,(H,51,57)(H,52,58)(H,53,61)(H,54,62)/t38?,40-,41-,43-,44-/m0/s1. The summed E-state index contributed by atoms with van der Waals surface area (Å²) in [6.45, 7) is 8.23. The number of allylic oxidation sites excluding steroid dienone is 2. The number of amides is 6. The van der Waals surface area contributed by atoms with Gasteiger partial charge in [0.05, 0.1) is 14.2 Å². The Bertz CT molecular complexity index is 2230. The average Bonchev–Trinajstić information content (AvgIpc) is 3.62. The van der Waals surface area contributed by atoms with E-state index in [1.807, 2.05) is 64.1 Å². The molecular weight excluding hydrogens is 813 g/mol. The van der Waals surface area contributed by atoms with Gasteiger partial charge in [-0.2, -0.15) is 0 Å². The van der Waals surface area contributed by atoms with Gasteiger partial charge in [-0.05, 0) is 127 Å². The summed E-state index contributed by atoms with van der Waals surface area (Å²) in [5.41, 5.74) is 8.47. The lowest BCUT2D eigenvalue weighted by Gasteiger charge is -2.30. The number of hydrogen-bond acceptors (Lipinski definition) is 8. The Morgan fingerprint density at radius 2 is 1.00 bits per heavy atom. The molecule has 3 aromatic rings. The highest BCUT2D eigenvalue weighted by molar-refractivity contribution is 6.01. The number of carbonyl (C=O) groups is 6. The lowest BCUT2D eigenvalue weighted by Crippen LogP contribution is -2.54. The van der Waals surface area contributed by atoms with E-state index in [1.54, 1.807) is 9.80 Å². The van der Waals surface area contributed by atoms with Crippen LogP contribution in [0.15, 0.2) is 72.8 Å². The largest absolute Gasteiger partial charge is 0.453 e. The first-order valence-electron chi connectivity index (χ1n) is 22.7. The summed E-state index contributed by atoms with van der Waals surface area (Å²) in [6.07, 6.45) is 5.23. The van der Waals surface area contributed by atoms with E-state index in [9.17, 15) is 28.8 Å². The molecular formula is C50H62N6O8. The molecule has 2 aliphatic carbocycles. The summed E-state index contributed by atoms with van der Waals surface area (Å²) < 4.78 is 9.48. The number of nitrogens with zero attached hydrogens (tertiary/aromatic N) is 2. The monoisotopic (exact) mass is 874 g/mol. The molecule has 1 saturated carbocycles. The molecule has 340 valence electrons. The topological polar surface area (TPSA) is 175 Å². The number of likely N-dealkylation sites (tertiary alicyclic amines) is 2. The number of alkyl carbamates (subject to hydrolysis) is 2. The van der Waals surface area contributed by atoms with Crippen LogP contribution in [0.25, 0.3) is 11.1 Å². The summed E-state index contributed by atoms with van der Waals surface area (Å²) in [7, 11) is 2.51. The first-order chi connectivity index (χ1) is 30.8. The fourth-order valence-electron chi connectivity index (χ4n) is 9.51. The zero-order valence-corrected chi connectivity index (χ0v) is 37.8. The molecule has 2 saturated heterocycles. The molecule has 0 aromatic heterocycles. The minimum absolute atomic E-state index is 0.0957. The molecule has 4 N–H and O–H groups in total. The molecule has 0 radical (unpaired) electrons. The molecule has 14 nitrogen and oxygen atoms in total. The lowest BCUT2D eigenvalue weighted by atomic mass is 9.86. The van der Waals surface area contributed by atoms with Crippen LogP contribution in [0.5, 0.6) is 0 Å². The minimum atomic E-state index is -0.809. The molecule has 5 atom stereocenters. The van der Waals surface area contributed by atoms with Crippen molar-refractivity contribution in [3.8, 4) is 0 Å². The summed E-state index contributed by atoms with van der Waals surface area (Å²) in [6, 6.07) is 21.9. The van der Waals surface area contributed by atoms with E-state index in [4.69, 9.17) is 9.47 Å². The molecule has 3 aromatic carbocycles. The van der Waals surface area contributed by atoms with Gasteiger partial charge in [0.25, 0.3) is 0 Å². The van der Waals surface area contributed by atoms with Crippen LogP contribution in [0.4, 0.5) is 21.0 Å². The van der Waals surface area contributed by atoms with E-state index in [0.717, 1.165) is 29.5 Å². The van der Waals surface area contributed by atoms with Crippen LogP contribution in [0.3, 0.4) is 0 Å². The van der Waals surface area contributed by atoms with E-state index in [2.05, 4.69) is 57.7 Å². The van der Waals surface area contributed by atoms with E-state index in [0.29, 0.717) is 56.1 Å². The van der Waals surface area contributed by atoms with Crippen LogP contribution in [0.2, 0.25) is 0 Å². The van der Waals surface area contributed by atoms with Crippen LogP contribution in [-0.4, -0.2) is 97.1 Å². The molecule has 2 aliphatic heterocycles. The number of carbonyl (C=O) groups excluding carboxylic acids is 6. The van der Waals surface area contributed by atoms with E-state index < -0.39 is 36.4 Å². The van der Waals surface area contributed by atoms with Gasteiger partial charge in [0, 0.05) is 30.4 Å². The second-order valence-electron chi connectivity index (χ2n) is 18.2. The average molecular weight is 875 g/mol. The lowest BCUT2D eigenvalue weighted by molar-refractivity contribution is -0.139. The van der Waals surface area contributed by atoms with E-state index in [1.165, 1.54) is 43.8 Å². The maximum Gasteiger partial charge on any atom is 0.407 e. The van der Waals surface area contributed by atoms with Gasteiger partial charge in [0.2, 0.25) is 23.6 Å². The third kappa shape index (κ3) is 10.3. The van der Waals surface area contributed by atoms with Crippen molar-refractivity contribution in [2.24, 2.45) is 11.8 Å². The van der Waals surface area contributed by atoms with Crippen molar-refractivity contribution in [2.45, 2.75) is 115 Å². The molecule has 0 spiro atoms. The molecule has 64 heavy (non-hydrogen) atoms. The van der Waals surface area contributed by atoms with Crippen molar-refractivity contribution in [3.63, 3.8) is 0 Å². The van der Waals surface area contributed by atoms with Gasteiger partial charge in [0.15, 0.2) is 0 Å². The maximum atomic E-state index is 13.7. The van der Waals surface area contributed by atoms with Gasteiger partial charge < -0.3 is 40.5 Å². The van der Waals surface area contributed by atoms with Gasteiger partial charge in [-0.25, -0.2) is 9.59 Å². The van der Waals surface area contributed by atoms with E-state index in [-0.39, 0.29) is 41.4 Å². The highest BCUT2D eigenvalue weighted by Crippen LogP contribution is 2.50. The SMILES string of the molecule is COC(=O)N[C@H](C(=O)N1CCC[C@H]1C(=O)Nc1ccc(C2=C(c3ccc(C4CC4)cc3)C(c3ccc(NC(=O)[C@@H]4CCCN4C(=O)[C@@H](NC(=O)OC)C(C)C)cc3)CC2)cc1)C(C)C. The normalized spacial score (nSPS) is 20.5. The van der Waals surface area contributed by atoms with Gasteiger partial charge in [-0.3, -0.25) is 19.2 Å². The van der Waals surface area contributed by atoms with Gasteiger partial charge in [-0.1, -0.05) is 76.2 Å². The van der Waals surface area contributed by atoms with E-state index >= 15 is 0 Å². The minimum Gasteiger partial charge on any atom is -0.453 e. The van der Waals surface area contributed by atoms with Gasteiger partial charge >= 0.3 is 12.2 Å². The fraction of sp³-hybridized carbons (Fsp3) is 0.480. The van der Waals surface area contributed by atoms with Crippen LogP contribution < -0.4 is 21.3 Å². The molecule has 4 aliphatic rings. The Balaban J connectivity index is 1.07. The van der Waals surface area contributed by atoms with Crippen LogP contribution >= 0.6 is 0 Å². The third-order valence-electron chi connectivity index (χ3n) is 13.2. The quantitative estimate of drug-likeness (QED) is 0.128. The fourth-order valence-corrected chi connectivity index (χ4v) is 9.51. The second-order valence-corrected chi connectivity index (χ2v) is 18.2. The summed E-state index contributed by atoms with van der Waals surface area (Å²) >= 11 is 0. The number of nitrogens with one attached hydrogen (secondary N) is 4. The van der Waals surface area contributed by atoms with Crippen molar-refractivity contribution >= 4 is 58.3 Å². The number of ether oxygens (including phenoxy) is 2. The molecule has 2 heterocycles. The second kappa shape index (κ2) is 20.1. The first-order valence-corrected chi connectivity index (χ1v) is 22.7. The van der Waals surface area contributed by atoms with Crippen molar-refractivity contribution in [2.75, 3.05) is 37.9 Å². The Kier molecular flexibility index (Phi) is 14.4.